The lowest BCUT2D eigenvalue weighted by Gasteiger charge is -1.98. The van der Waals surface area contributed by atoms with Crippen LogP contribution in [-0.4, -0.2) is 10.2 Å². The Bertz CT molecular complexity index is 78.1. The lowest BCUT2D eigenvalue weighted by molar-refractivity contribution is 0.679. The quantitative estimate of drug-likeness (QED) is 0.605. The molecule has 0 aromatic carbocycles. The van der Waals surface area contributed by atoms with Crippen LogP contribution in [0.25, 0.3) is 0 Å². The average Bonchev–Trinajstić information content (AvgIpc) is 2.18. The normalized spacial score (nSPS) is 49.3. The van der Waals surface area contributed by atoms with Crippen LogP contribution in [0.5, 0.6) is 0 Å². The van der Waals surface area contributed by atoms with Gasteiger partial charge in [-0.25, -0.2) is 0 Å². The van der Waals surface area contributed by atoms with Gasteiger partial charge >= 0.3 is 0 Å². The van der Waals surface area contributed by atoms with Gasteiger partial charge in [0.05, 0.1) is 0 Å². The summed E-state index contributed by atoms with van der Waals surface area (Å²) in [6.45, 7) is 2.28. The molecule has 1 rings (SSSR count). The monoisotopic (exact) mass is 226 g/mol. The molecule has 0 aromatic rings. The third-order valence-electron chi connectivity index (χ3n) is 1.55. The first-order valence-corrected chi connectivity index (χ1v) is 4.43. The molecule has 0 heterocycles. The molecular formula is C5H8Br2. The van der Waals surface area contributed by atoms with Crippen LogP contribution in [-0.2, 0) is 0 Å². The largest absolute Gasteiger partial charge is 0.0922 e. The summed E-state index contributed by atoms with van der Waals surface area (Å²) in [6.07, 6.45) is 1.33. The molecule has 0 aromatic heterocycles. The molecule has 0 radical (unpaired) electrons. The first kappa shape index (κ1) is 6.09. The van der Waals surface area contributed by atoms with E-state index < -0.39 is 0 Å². The van der Waals surface area contributed by atoms with Crippen molar-refractivity contribution in [3.05, 3.63) is 0 Å². The molecule has 2 atom stereocenters. The van der Waals surface area contributed by atoms with Crippen molar-refractivity contribution in [3.63, 3.8) is 0 Å². The molecule has 0 aliphatic heterocycles. The zero-order chi connectivity index (χ0) is 5.49. The van der Waals surface area contributed by atoms with Crippen LogP contribution in [0.1, 0.15) is 13.3 Å². The van der Waals surface area contributed by atoms with Crippen LogP contribution in [0.2, 0.25) is 0 Å². The highest BCUT2D eigenvalue weighted by Crippen LogP contribution is 2.51. The lowest BCUT2D eigenvalue weighted by atomic mass is 10.2. The maximum Gasteiger partial charge on any atom is 0.0213 e. The summed E-state index contributed by atoms with van der Waals surface area (Å²) in [5.74, 6) is 0. The van der Waals surface area contributed by atoms with E-state index in [1.54, 1.807) is 0 Å². The fourth-order valence-electron chi connectivity index (χ4n) is 0.489. The fraction of sp³-hybridized carbons (Fsp3) is 1.00. The van der Waals surface area contributed by atoms with Crippen LogP contribution >= 0.6 is 31.9 Å². The van der Waals surface area contributed by atoms with Gasteiger partial charge in [-0.2, -0.15) is 0 Å². The van der Waals surface area contributed by atoms with E-state index in [-0.39, 0.29) is 0 Å². The molecule has 0 bridgehead atoms. The van der Waals surface area contributed by atoms with Gasteiger partial charge in [-0.1, -0.05) is 38.8 Å². The summed E-state index contributed by atoms with van der Waals surface area (Å²) in [7, 11) is 0. The summed E-state index contributed by atoms with van der Waals surface area (Å²) < 4.78 is 0. The fourth-order valence-corrected chi connectivity index (χ4v) is 2.44. The second kappa shape index (κ2) is 1.73. The number of halogens is 2. The highest BCUT2D eigenvalue weighted by atomic mass is 79.9. The maximum absolute atomic E-state index is 3.53. The minimum Gasteiger partial charge on any atom is -0.0922 e. The maximum atomic E-state index is 3.53. The lowest BCUT2D eigenvalue weighted by Crippen LogP contribution is -1.96. The van der Waals surface area contributed by atoms with Crippen LogP contribution in [0.3, 0.4) is 0 Å². The standard InChI is InChI=1S/C5H8Br2/c1-5(3-6)2-4(5)7/h4H,2-3H2,1H3. The number of alkyl halides is 2. The summed E-state index contributed by atoms with van der Waals surface area (Å²) in [4.78, 5) is 0.777. The third kappa shape index (κ3) is 1.02. The minimum absolute atomic E-state index is 0.583. The van der Waals surface area contributed by atoms with Crippen molar-refractivity contribution in [2.75, 3.05) is 5.33 Å². The summed E-state index contributed by atoms with van der Waals surface area (Å²) in [5, 5.41) is 1.13. The highest BCUT2D eigenvalue weighted by molar-refractivity contribution is 9.10. The molecule has 2 unspecified atom stereocenters. The van der Waals surface area contributed by atoms with Gasteiger partial charge in [0.15, 0.2) is 0 Å². The van der Waals surface area contributed by atoms with E-state index in [1.807, 2.05) is 0 Å². The van der Waals surface area contributed by atoms with E-state index in [0.717, 1.165) is 10.2 Å². The van der Waals surface area contributed by atoms with Crippen LogP contribution in [0.4, 0.5) is 0 Å². The first-order valence-electron chi connectivity index (χ1n) is 2.39. The van der Waals surface area contributed by atoms with Gasteiger partial charge in [-0.3, -0.25) is 0 Å². The molecule has 0 saturated heterocycles. The molecule has 7 heavy (non-hydrogen) atoms. The van der Waals surface area contributed by atoms with E-state index in [9.17, 15) is 0 Å². The highest BCUT2D eigenvalue weighted by Gasteiger charge is 2.47. The number of hydrogen-bond donors (Lipinski definition) is 0. The van der Waals surface area contributed by atoms with Crippen LogP contribution < -0.4 is 0 Å². The van der Waals surface area contributed by atoms with Crippen molar-refractivity contribution >= 4 is 31.9 Å². The predicted octanol–water partition coefficient (Wildman–Crippen LogP) is 2.55. The van der Waals surface area contributed by atoms with Crippen molar-refractivity contribution in [2.24, 2.45) is 5.41 Å². The molecular weight excluding hydrogens is 220 g/mol. The van der Waals surface area contributed by atoms with Gasteiger partial charge in [0.2, 0.25) is 0 Å². The van der Waals surface area contributed by atoms with Crippen molar-refractivity contribution < 1.29 is 0 Å². The van der Waals surface area contributed by atoms with Crippen molar-refractivity contribution in [1.29, 1.82) is 0 Å². The van der Waals surface area contributed by atoms with Crippen molar-refractivity contribution in [2.45, 2.75) is 18.2 Å². The Kier molecular flexibility index (Phi) is 1.50. The molecule has 0 nitrogen and oxygen atoms in total. The van der Waals surface area contributed by atoms with Gasteiger partial charge in [-0.15, -0.1) is 0 Å². The molecule has 0 spiro atoms. The predicted molar refractivity (Wildman–Crippen MR) is 39.2 cm³/mol. The van der Waals surface area contributed by atoms with E-state index in [0.29, 0.717) is 5.41 Å². The van der Waals surface area contributed by atoms with Gasteiger partial charge in [0, 0.05) is 10.2 Å². The van der Waals surface area contributed by atoms with E-state index in [4.69, 9.17) is 0 Å². The smallest absolute Gasteiger partial charge is 0.0213 e. The Morgan fingerprint density at radius 1 is 1.86 bits per heavy atom. The topological polar surface area (TPSA) is 0 Å². The SMILES string of the molecule is CC1(CBr)CC1Br. The molecule has 1 aliphatic rings. The second-order valence-electron chi connectivity index (χ2n) is 2.46. The molecule has 1 aliphatic carbocycles. The summed E-state index contributed by atoms with van der Waals surface area (Å²) in [5.41, 5.74) is 0.583. The summed E-state index contributed by atoms with van der Waals surface area (Å²) >= 11 is 6.98. The van der Waals surface area contributed by atoms with Crippen molar-refractivity contribution in [1.82, 2.24) is 0 Å². The van der Waals surface area contributed by atoms with E-state index in [2.05, 4.69) is 38.8 Å². The Hall–Kier alpha value is 0.960. The Balaban J connectivity index is 2.36. The van der Waals surface area contributed by atoms with Crippen molar-refractivity contribution in [3.8, 4) is 0 Å². The molecule has 2 heteroatoms. The zero-order valence-corrected chi connectivity index (χ0v) is 7.42. The van der Waals surface area contributed by atoms with Gasteiger partial charge in [0.25, 0.3) is 0 Å². The Labute approximate surface area is 60.9 Å². The second-order valence-corrected chi connectivity index (χ2v) is 4.13. The Morgan fingerprint density at radius 2 is 2.29 bits per heavy atom. The number of rotatable bonds is 1. The van der Waals surface area contributed by atoms with Gasteiger partial charge < -0.3 is 0 Å². The molecule has 1 fully saturated rings. The zero-order valence-electron chi connectivity index (χ0n) is 4.25. The molecule has 1 saturated carbocycles. The van der Waals surface area contributed by atoms with Gasteiger partial charge in [-0.05, 0) is 11.8 Å². The molecule has 0 amide bonds. The average molecular weight is 228 g/mol. The molecule has 0 N–H and O–H groups in total. The third-order valence-corrected chi connectivity index (χ3v) is 4.26. The Morgan fingerprint density at radius 3 is 2.29 bits per heavy atom. The van der Waals surface area contributed by atoms with Crippen LogP contribution in [0.15, 0.2) is 0 Å². The number of hydrogen-bond acceptors (Lipinski definition) is 0. The first-order chi connectivity index (χ1) is 3.19. The van der Waals surface area contributed by atoms with Crippen LogP contribution in [0, 0.1) is 5.41 Å². The van der Waals surface area contributed by atoms with Gasteiger partial charge in [0.1, 0.15) is 0 Å². The molecule has 42 valence electrons. The minimum atomic E-state index is 0.583. The van der Waals surface area contributed by atoms with E-state index in [1.165, 1.54) is 6.42 Å². The summed E-state index contributed by atoms with van der Waals surface area (Å²) in [6, 6.07) is 0. The van der Waals surface area contributed by atoms with E-state index >= 15 is 0 Å².